The Hall–Kier alpha value is -5.48. The standard InChI is InChI=1S/C46H57F2N5O8S/c1-28(2)35(22-34(54)25-53-40(56)15-16-41(53)57)44(59)50-29(3)39(55)20-32(45(60)61)26-62-27-42(58)52(18-10-17-49)43(46(4,5)6)38-19-31(36-21-33(47)13-14-37(36)48)24-51(38)23-30-11-8-7-9-12-30/h7-9,11-16,19,21,24,28-29,32,35,43H,10,17-18,20,22-23,25-27,49H2,1-6H3,(H,50,59)(H,60,61)/t29-,32-,35-,43-/m0/s1. The highest BCUT2D eigenvalue weighted by molar-refractivity contribution is 7.99. The van der Waals surface area contributed by atoms with Gasteiger partial charge in [0.05, 0.1) is 30.3 Å². The topological polar surface area (TPSA) is 189 Å². The zero-order valence-electron chi connectivity index (χ0n) is 36.1. The van der Waals surface area contributed by atoms with E-state index in [1.165, 1.54) is 6.92 Å². The Morgan fingerprint density at radius 1 is 0.935 bits per heavy atom. The van der Waals surface area contributed by atoms with E-state index in [0.29, 0.717) is 24.2 Å². The first-order chi connectivity index (χ1) is 29.2. The van der Waals surface area contributed by atoms with Crippen molar-refractivity contribution in [3.8, 4) is 11.1 Å². The molecule has 13 nitrogen and oxygen atoms in total. The number of nitrogens with two attached hydrogens (primary N) is 1. The molecule has 0 unspecified atom stereocenters. The van der Waals surface area contributed by atoms with Crippen molar-refractivity contribution in [3.05, 3.63) is 95.8 Å². The smallest absolute Gasteiger partial charge is 0.307 e. The van der Waals surface area contributed by atoms with Crippen molar-refractivity contribution in [2.24, 2.45) is 28.9 Å². The number of amides is 4. The molecule has 0 saturated heterocycles. The number of halogens is 2. The number of thioether (sulfide) groups is 1. The fourth-order valence-corrected chi connectivity index (χ4v) is 8.39. The maximum absolute atomic E-state index is 15.2. The molecule has 62 heavy (non-hydrogen) atoms. The van der Waals surface area contributed by atoms with Gasteiger partial charge in [-0.2, -0.15) is 11.8 Å². The lowest BCUT2D eigenvalue weighted by atomic mass is 9.83. The second-order valence-corrected chi connectivity index (χ2v) is 18.1. The molecule has 0 fully saturated rings. The highest BCUT2D eigenvalue weighted by Crippen LogP contribution is 2.41. The van der Waals surface area contributed by atoms with Crippen LogP contribution in [-0.2, 0) is 40.1 Å². The highest BCUT2D eigenvalue weighted by atomic mass is 32.2. The number of benzene rings is 2. The molecule has 4 atom stereocenters. The van der Waals surface area contributed by atoms with Crippen LogP contribution in [0.3, 0.4) is 0 Å². The minimum atomic E-state index is -1.26. The molecule has 0 saturated carbocycles. The average Bonchev–Trinajstić information content (AvgIpc) is 3.75. The molecule has 1 aromatic heterocycles. The van der Waals surface area contributed by atoms with E-state index >= 15 is 4.39 Å². The first-order valence-corrected chi connectivity index (χ1v) is 21.7. The normalized spacial score (nSPS) is 14.8. The van der Waals surface area contributed by atoms with Crippen molar-refractivity contribution >= 4 is 52.9 Å². The second-order valence-electron chi connectivity index (χ2n) is 17.0. The number of carbonyl (C=O) groups is 7. The van der Waals surface area contributed by atoms with Gasteiger partial charge in [-0.15, -0.1) is 0 Å². The van der Waals surface area contributed by atoms with Gasteiger partial charge in [-0.25, -0.2) is 8.78 Å². The van der Waals surface area contributed by atoms with Crippen LogP contribution in [0.2, 0.25) is 0 Å². The lowest BCUT2D eigenvalue weighted by Gasteiger charge is -2.41. The number of ketones is 2. The van der Waals surface area contributed by atoms with Crippen molar-refractivity contribution < 1.29 is 47.4 Å². The number of aliphatic carboxylic acids is 1. The van der Waals surface area contributed by atoms with Crippen molar-refractivity contribution in [3.63, 3.8) is 0 Å². The van der Waals surface area contributed by atoms with Gasteiger partial charge >= 0.3 is 5.97 Å². The number of carboxylic acids is 1. The van der Waals surface area contributed by atoms with E-state index < -0.39 is 89.2 Å². The van der Waals surface area contributed by atoms with E-state index in [1.54, 1.807) is 31.0 Å². The molecule has 0 aliphatic carbocycles. The molecule has 16 heteroatoms. The van der Waals surface area contributed by atoms with E-state index in [0.717, 1.165) is 52.6 Å². The molecular weight excluding hydrogens is 821 g/mol. The zero-order valence-corrected chi connectivity index (χ0v) is 36.9. The maximum atomic E-state index is 15.2. The summed E-state index contributed by atoms with van der Waals surface area (Å²) in [5, 5.41) is 12.7. The maximum Gasteiger partial charge on any atom is 0.307 e. The Kier molecular flexibility index (Phi) is 17.5. The Morgan fingerprint density at radius 2 is 1.60 bits per heavy atom. The summed E-state index contributed by atoms with van der Waals surface area (Å²) in [4.78, 5) is 92.3. The molecule has 334 valence electrons. The summed E-state index contributed by atoms with van der Waals surface area (Å²) in [5.41, 5.74) is 7.47. The first-order valence-electron chi connectivity index (χ1n) is 20.6. The fraction of sp³-hybridized carbons (Fsp3) is 0.457. The number of carbonyl (C=O) groups excluding carboxylic acids is 6. The van der Waals surface area contributed by atoms with Gasteiger partial charge in [0.2, 0.25) is 11.8 Å². The number of nitrogens with zero attached hydrogens (tertiary/aromatic N) is 3. The zero-order chi connectivity index (χ0) is 45.9. The molecular formula is C46H57F2N5O8S. The van der Waals surface area contributed by atoms with Crippen molar-refractivity contribution in [2.75, 3.05) is 31.1 Å². The number of imide groups is 1. The predicted octanol–water partition coefficient (Wildman–Crippen LogP) is 5.80. The van der Waals surface area contributed by atoms with Crippen molar-refractivity contribution in [1.29, 1.82) is 0 Å². The minimum absolute atomic E-state index is 0.0717. The van der Waals surface area contributed by atoms with Crippen LogP contribution >= 0.6 is 11.8 Å². The van der Waals surface area contributed by atoms with Gasteiger partial charge in [0.25, 0.3) is 11.8 Å². The van der Waals surface area contributed by atoms with Crippen molar-refractivity contribution in [1.82, 2.24) is 19.7 Å². The van der Waals surface area contributed by atoms with Crippen LogP contribution in [0.1, 0.15) is 78.1 Å². The second kappa shape index (κ2) is 22.0. The number of Topliss-reactive ketones (excluding diaryl/α,β-unsaturated/α-hetero) is 2. The lowest BCUT2D eigenvalue weighted by Crippen LogP contribution is -2.45. The Bertz CT molecular complexity index is 2130. The summed E-state index contributed by atoms with van der Waals surface area (Å²) < 4.78 is 31.5. The molecule has 2 heterocycles. The van der Waals surface area contributed by atoms with E-state index in [4.69, 9.17) is 5.73 Å². The van der Waals surface area contributed by atoms with E-state index in [1.807, 2.05) is 55.7 Å². The quantitative estimate of drug-likeness (QED) is 0.0983. The van der Waals surface area contributed by atoms with E-state index in [9.17, 15) is 43.1 Å². The summed E-state index contributed by atoms with van der Waals surface area (Å²) >= 11 is 1.06. The largest absolute Gasteiger partial charge is 0.481 e. The van der Waals surface area contributed by atoms with Crippen LogP contribution in [-0.4, -0.2) is 97.8 Å². The average molecular weight is 878 g/mol. The van der Waals surface area contributed by atoms with Crippen LogP contribution in [0.25, 0.3) is 11.1 Å². The van der Waals surface area contributed by atoms with Crippen LogP contribution in [0.15, 0.2) is 72.9 Å². The molecule has 1 aliphatic rings. The third-order valence-corrected chi connectivity index (χ3v) is 11.8. The van der Waals surface area contributed by atoms with Gasteiger partial charge in [-0.1, -0.05) is 65.0 Å². The SMILES string of the molecule is CC(C)[C@H](CC(=O)CN1C(=O)C=CC1=O)C(=O)N[C@@H](C)C(=O)C[C@@H](CSCC(=O)N(CCCN)[C@@H](c1cc(-c2cc(F)ccc2F)cn1Cc1ccccc1)C(C)(C)C)C(=O)O. The number of hydrogen-bond acceptors (Lipinski definition) is 9. The summed E-state index contributed by atoms with van der Waals surface area (Å²) in [7, 11) is 0. The van der Waals surface area contributed by atoms with Crippen LogP contribution in [0.5, 0.6) is 0 Å². The number of carboxylic acid groups (broad SMARTS) is 1. The number of rotatable bonds is 23. The highest BCUT2D eigenvalue weighted by Gasteiger charge is 2.38. The van der Waals surface area contributed by atoms with Gasteiger partial charge in [0, 0.05) is 72.8 Å². The van der Waals surface area contributed by atoms with E-state index in [-0.39, 0.29) is 48.4 Å². The van der Waals surface area contributed by atoms with Gasteiger partial charge < -0.3 is 25.6 Å². The Labute approximate surface area is 365 Å². The predicted molar refractivity (Wildman–Crippen MR) is 232 cm³/mol. The summed E-state index contributed by atoms with van der Waals surface area (Å²) in [6, 6.07) is 12.9. The minimum Gasteiger partial charge on any atom is -0.481 e. The number of nitrogens with one attached hydrogen (secondary N) is 1. The summed E-state index contributed by atoms with van der Waals surface area (Å²) in [5.74, 6) is -8.36. The van der Waals surface area contributed by atoms with Gasteiger partial charge in [0.15, 0.2) is 11.6 Å². The first kappa shape index (κ1) is 49.2. The van der Waals surface area contributed by atoms with Crippen LogP contribution < -0.4 is 11.1 Å². The Morgan fingerprint density at radius 3 is 2.19 bits per heavy atom. The number of aromatic nitrogens is 1. The molecule has 4 amide bonds. The van der Waals surface area contributed by atoms with E-state index in [2.05, 4.69) is 5.32 Å². The summed E-state index contributed by atoms with van der Waals surface area (Å²) in [6.07, 6.45) is 3.59. The van der Waals surface area contributed by atoms with Gasteiger partial charge in [0.1, 0.15) is 11.6 Å². The summed E-state index contributed by atoms with van der Waals surface area (Å²) in [6.45, 7) is 11.2. The van der Waals surface area contributed by atoms with Crippen molar-refractivity contribution in [2.45, 2.75) is 79.4 Å². The molecule has 0 radical (unpaired) electrons. The van der Waals surface area contributed by atoms with Gasteiger partial charge in [-0.05, 0) is 61.1 Å². The monoisotopic (exact) mass is 877 g/mol. The Balaban J connectivity index is 1.48. The molecule has 4 N–H and O–H groups in total. The van der Waals surface area contributed by atoms with Crippen LogP contribution in [0.4, 0.5) is 8.78 Å². The molecule has 1 aliphatic heterocycles. The molecule has 0 spiro atoms. The lowest BCUT2D eigenvalue weighted by molar-refractivity contribution is -0.143. The fourth-order valence-electron chi connectivity index (χ4n) is 7.39. The molecule has 2 aromatic carbocycles. The molecule has 0 bridgehead atoms. The number of hydrogen-bond donors (Lipinski definition) is 3. The third-order valence-electron chi connectivity index (χ3n) is 10.7. The third kappa shape index (κ3) is 13.3. The van der Waals surface area contributed by atoms with Crippen LogP contribution in [0, 0.1) is 34.8 Å². The molecule has 3 aromatic rings. The molecule has 4 rings (SSSR count). The van der Waals surface area contributed by atoms with Gasteiger partial charge in [-0.3, -0.25) is 38.5 Å².